The van der Waals surface area contributed by atoms with Crippen molar-refractivity contribution in [3.8, 4) is 0 Å². The van der Waals surface area contributed by atoms with Gasteiger partial charge in [-0.15, -0.1) is 0 Å². The first-order valence-corrected chi connectivity index (χ1v) is 5.85. The van der Waals surface area contributed by atoms with Crippen LogP contribution in [0, 0.1) is 0 Å². The molecule has 80 valence electrons. The van der Waals surface area contributed by atoms with Crippen molar-refractivity contribution in [3.05, 3.63) is 0 Å². The summed E-state index contributed by atoms with van der Waals surface area (Å²) in [5.74, 6) is -0.320. The molecule has 0 aromatic rings. The van der Waals surface area contributed by atoms with Gasteiger partial charge in [0.05, 0.1) is 11.9 Å². The van der Waals surface area contributed by atoms with Gasteiger partial charge >= 0.3 is 5.97 Å². The second-order valence-electron chi connectivity index (χ2n) is 3.13. The number of carbonyl (C=O) groups excluding carboxylic acids is 2. The van der Waals surface area contributed by atoms with Crippen molar-refractivity contribution in [1.29, 1.82) is 0 Å². The summed E-state index contributed by atoms with van der Waals surface area (Å²) in [4.78, 5) is 24.4. The molecule has 0 radical (unpaired) electrons. The molecule has 0 spiro atoms. The number of ether oxygens (including phenoxy) is 1. The van der Waals surface area contributed by atoms with Crippen molar-refractivity contribution < 1.29 is 14.3 Å². The van der Waals surface area contributed by atoms with Crippen molar-refractivity contribution in [2.75, 3.05) is 18.5 Å². The molecule has 1 aliphatic rings. The first-order chi connectivity index (χ1) is 6.70. The lowest BCUT2D eigenvalue weighted by Gasteiger charge is -2.21. The maximum Gasteiger partial charge on any atom is 0.328 e. The molecule has 0 unspecified atom stereocenters. The van der Waals surface area contributed by atoms with Gasteiger partial charge in [0.1, 0.15) is 6.04 Å². The molecule has 5 heteroatoms. The van der Waals surface area contributed by atoms with Gasteiger partial charge < -0.3 is 9.64 Å². The number of alkyl halides is 1. The van der Waals surface area contributed by atoms with Crippen molar-refractivity contribution in [2.45, 2.75) is 25.8 Å². The van der Waals surface area contributed by atoms with E-state index in [1.54, 1.807) is 11.8 Å². The lowest BCUT2D eigenvalue weighted by Crippen LogP contribution is -2.41. The highest BCUT2D eigenvalue weighted by atomic mass is 79.9. The molecule has 1 amide bonds. The first kappa shape index (κ1) is 11.5. The van der Waals surface area contributed by atoms with Crippen molar-refractivity contribution in [2.24, 2.45) is 0 Å². The van der Waals surface area contributed by atoms with Crippen LogP contribution in [0.25, 0.3) is 0 Å². The van der Waals surface area contributed by atoms with Crippen LogP contribution >= 0.6 is 15.9 Å². The predicted octanol–water partition coefficient (Wildman–Crippen LogP) is 0.935. The highest BCUT2D eigenvalue weighted by Crippen LogP contribution is 2.19. The molecule has 1 fully saturated rings. The molecule has 1 rings (SSSR count). The number of amides is 1. The Labute approximate surface area is 91.7 Å². The smallest absolute Gasteiger partial charge is 0.328 e. The van der Waals surface area contributed by atoms with Crippen LogP contribution in [-0.4, -0.2) is 41.3 Å². The van der Waals surface area contributed by atoms with E-state index in [2.05, 4.69) is 15.9 Å². The van der Waals surface area contributed by atoms with E-state index in [0.717, 1.165) is 12.8 Å². The molecular weight excluding hydrogens is 250 g/mol. The molecule has 4 nitrogen and oxygen atoms in total. The third-order valence-electron chi connectivity index (χ3n) is 2.25. The van der Waals surface area contributed by atoms with E-state index in [1.807, 2.05) is 0 Å². The van der Waals surface area contributed by atoms with Gasteiger partial charge in [0.25, 0.3) is 0 Å². The summed E-state index contributed by atoms with van der Waals surface area (Å²) >= 11 is 3.10. The molecule has 0 bridgehead atoms. The van der Waals surface area contributed by atoms with Gasteiger partial charge in [0.2, 0.25) is 5.91 Å². The van der Waals surface area contributed by atoms with Gasteiger partial charge in [-0.3, -0.25) is 4.79 Å². The first-order valence-electron chi connectivity index (χ1n) is 4.72. The van der Waals surface area contributed by atoms with Crippen LogP contribution < -0.4 is 0 Å². The van der Waals surface area contributed by atoms with Gasteiger partial charge in [0.15, 0.2) is 0 Å². The molecule has 0 aromatic carbocycles. The minimum Gasteiger partial charge on any atom is -0.464 e. The topological polar surface area (TPSA) is 46.6 Å². The number of carbonyl (C=O) groups is 2. The van der Waals surface area contributed by atoms with Crippen LogP contribution in [-0.2, 0) is 14.3 Å². The maximum atomic E-state index is 11.4. The molecule has 1 aliphatic heterocycles. The monoisotopic (exact) mass is 263 g/mol. The molecule has 0 aromatic heterocycles. The van der Waals surface area contributed by atoms with E-state index >= 15 is 0 Å². The van der Waals surface area contributed by atoms with Crippen LogP contribution in [0.3, 0.4) is 0 Å². The zero-order valence-corrected chi connectivity index (χ0v) is 9.75. The van der Waals surface area contributed by atoms with Crippen molar-refractivity contribution >= 4 is 27.8 Å². The van der Waals surface area contributed by atoms with Gasteiger partial charge in [-0.2, -0.15) is 0 Å². The predicted molar refractivity (Wildman–Crippen MR) is 55.2 cm³/mol. The van der Waals surface area contributed by atoms with E-state index in [4.69, 9.17) is 4.74 Å². The number of hydrogen-bond donors (Lipinski definition) is 0. The molecular formula is C9H14BrNO3. The minimum atomic E-state index is -0.361. The van der Waals surface area contributed by atoms with Gasteiger partial charge in [-0.25, -0.2) is 4.79 Å². The Hall–Kier alpha value is -0.580. The molecule has 0 aliphatic carbocycles. The van der Waals surface area contributed by atoms with E-state index < -0.39 is 0 Å². The largest absolute Gasteiger partial charge is 0.464 e. The van der Waals surface area contributed by atoms with Crippen LogP contribution in [0.15, 0.2) is 0 Å². The molecule has 14 heavy (non-hydrogen) atoms. The van der Waals surface area contributed by atoms with Crippen LogP contribution in [0.5, 0.6) is 0 Å². The van der Waals surface area contributed by atoms with Gasteiger partial charge in [-0.05, 0) is 19.8 Å². The fourth-order valence-electron chi connectivity index (χ4n) is 1.63. The van der Waals surface area contributed by atoms with E-state index in [9.17, 15) is 9.59 Å². The minimum absolute atomic E-state index is 0.0412. The summed E-state index contributed by atoms with van der Waals surface area (Å²) in [6.07, 6.45) is 1.60. The van der Waals surface area contributed by atoms with Crippen LogP contribution in [0.1, 0.15) is 19.8 Å². The Balaban J connectivity index is 2.59. The highest BCUT2D eigenvalue weighted by Gasteiger charge is 2.34. The van der Waals surface area contributed by atoms with E-state index in [-0.39, 0.29) is 23.2 Å². The van der Waals surface area contributed by atoms with Crippen molar-refractivity contribution in [3.63, 3.8) is 0 Å². The summed E-state index contributed by atoms with van der Waals surface area (Å²) in [6, 6.07) is -0.361. The van der Waals surface area contributed by atoms with E-state index in [1.165, 1.54) is 0 Å². The Morgan fingerprint density at radius 1 is 1.57 bits per heavy atom. The zero-order chi connectivity index (χ0) is 10.6. The highest BCUT2D eigenvalue weighted by molar-refractivity contribution is 9.09. The molecule has 1 heterocycles. The lowest BCUT2D eigenvalue weighted by molar-refractivity contribution is -0.152. The number of halogens is 1. The second-order valence-corrected chi connectivity index (χ2v) is 3.69. The Kier molecular flexibility index (Phi) is 4.38. The third kappa shape index (κ3) is 2.47. The van der Waals surface area contributed by atoms with Crippen molar-refractivity contribution in [1.82, 2.24) is 4.90 Å². The summed E-state index contributed by atoms with van der Waals surface area (Å²) < 4.78 is 4.90. The number of esters is 1. The fourth-order valence-corrected chi connectivity index (χ4v) is 1.95. The summed E-state index contributed by atoms with van der Waals surface area (Å²) in [6.45, 7) is 2.79. The normalized spacial score (nSPS) is 21.0. The SMILES string of the molecule is CCOC(=O)[C@@H]1CCCN1C(=O)CBr. The number of likely N-dealkylation sites (tertiary alicyclic amines) is 1. The molecule has 0 saturated carbocycles. The summed E-state index contributed by atoms with van der Waals surface area (Å²) in [5.41, 5.74) is 0. The molecule has 0 N–H and O–H groups in total. The Bertz CT molecular complexity index is 232. The number of hydrogen-bond acceptors (Lipinski definition) is 3. The molecule has 1 saturated heterocycles. The zero-order valence-electron chi connectivity index (χ0n) is 8.16. The summed E-state index contributed by atoms with van der Waals surface area (Å²) in [7, 11) is 0. The molecule has 1 atom stereocenters. The fraction of sp³-hybridized carbons (Fsp3) is 0.778. The number of rotatable bonds is 3. The van der Waals surface area contributed by atoms with E-state index in [0.29, 0.717) is 13.2 Å². The average molecular weight is 264 g/mol. The van der Waals surface area contributed by atoms with Crippen LogP contribution in [0.2, 0.25) is 0 Å². The quantitative estimate of drug-likeness (QED) is 0.563. The lowest BCUT2D eigenvalue weighted by atomic mass is 10.2. The Morgan fingerprint density at radius 3 is 2.86 bits per heavy atom. The summed E-state index contributed by atoms with van der Waals surface area (Å²) in [5, 5.41) is 0.267. The maximum absolute atomic E-state index is 11.4. The number of nitrogens with zero attached hydrogens (tertiary/aromatic N) is 1. The standard InChI is InChI=1S/C9H14BrNO3/c1-2-14-9(13)7-4-3-5-11(7)8(12)6-10/h7H,2-6H2,1H3/t7-/m0/s1. The third-order valence-corrected chi connectivity index (χ3v) is 2.73. The second kappa shape index (κ2) is 5.34. The van der Waals surface area contributed by atoms with Crippen LogP contribution in [0.4, 0.5) is 0 Å². The Morgan fingerprint density at radius 2 is 2.29 bits per heavy atom. The van der Waals surface area contributed by atoms with Gasteiger partial charge in [0, 0.05) is 6.54 Å². The average Bonchev–Trinajstić information content (AvgIpc) is 2.65. The van der Waals surface area contributed by atoms with Gasteiger partial charge in [-0.1, -0.05) is 15.9 Å².